The Bertz CT molecular complexity index is 678. The third-order valence-electron chi connectivity index (χ3n) is 2.90. The number of aromatic nitrogens is 3. The molecule has 1 fully saturated rings. The molecule has 0 radical (unpaired) electrons. The van der Waals surface area contributed by atoms with Gasteiger partial charge in [-0.05, 0) is 6.92 Å². The summed E-state index contributed by atoms with van der Waals surface area (Å²) in [5, 5.41) is 28.1. The first-order valence-corrected chi connectivity index (χ1v) is 7.99. The Balaban J connectivity index is 0.000000379. The van der Waals surface area contributed by atoms with Crippen LogP contribution in [-0.2, 0) is 14.9 Å². The van der Waals surface area contributed by atoms with Gasteiger partial charge in [0.2, 0.25) is 5.95 Å². The maximum atomic E-state index is 11.5. The zero-order valence-electron chi connectivity index (χ0n) is 12.1. The van der Waals surface area contributed by atoms with Gasteiger partial charge < -0.3 is 25.8 Å². The molecule has 1 aromatic rings. The molecule has 1 aliphatic heterocycles. The molecule has 2 rings (SSSR count). The predicted octanol–water partition coefficient (Wildman–Crippen LogP) is -3.27. The molecule has 4 atom stereocenters. The van der Waals surface area contributed by atoms with Crippen LogP contribution in [-0.4, -0.2) is 73.5 Å². The van der Waals surface area contributed by atoms with Crippen LogP contribution in [0.4, 0.5) is 5.95 Å². The largest absolute Gasteiger partial charge is 0.394 e. The van der Waals surface area contributed by atoms with Crippen molar-refractivity contribution < 1.29 is 33.0 Å². The van der Waals surface area contributed by atoms with Crippen LogP contribution < -0.4 is 11.4 Å². The second-order valence-electron chi connectivity index (χ2n) is 4.50. The summed E-state index contributed by atoms with van der Waals surface area (Å²) in [5.74, 6) is -0.398. The van der Waals surface area contributed by atoms with Crippen molar-refractivity contribution in [3.63, 3.8) is 0 Å². The predicted molar refractivity (Wildman–Crippen MR) is 75.8 cm³/mol. The number of nitrogen functional groups attached to an aromatic ring is 1. The molecule has 132 valence electrons. The van der Waals surface area contributed by atoms with E-state index < -0.39 is 47.0 Å². The van der Waals surface area contributed by atoms with Gasteiger partial charge in [-0.25, -0.2) is 9.78 Å². The van der Waals surface area contributed by atoms with E-state index in [9.17, 15) is 23.4 Å². The Kier molecular flexibility index (Phi) is 6.55. The molecule has 6 N–H and O–H groups in total. The lowest BCUT2D eigenvalue weighted by Gasteiger charge is -2.16. The van der Waals surface area contributed by atoms with Crippen molar-refractivity contribution in [3.05, 3.63) is 16.8 Å². The molecular weight excluding hydrogens is 336 g/mol. The average molecular weight is 354 g/mol. The van der Waals surface area contributed by atoms with Crippen LogP contribution in [0, 0.1) is 0 Å². The average Bonchev–Trinajstić information content (AvgIpc) is 2.75. The van der Waals surface area contributed by atoms with Gasteiger partial charge in [0.1, 0.15) is 24.6 Å². The number of anilines is 1. The fourth-order valence-corrected chi connectivity index (χ4v) is 1.64. The number of nitrogens with zero attached hydrogens (tertiary/aromatic N) is 3. The molecule has 0 aliphatic carbocycles. The van der Waals surface area contributed by atoms with Crippen molar-refractivity contribution >= 4 is 16.1 Å². The summed E-state index contributed by atoms with van der Waals surface area (Å²) in [7, 11) is -3.66. The van der Waals surface area contributed by atoms with Crippen LogP contribution in [0.1, 0.15) is 13.2 Å². The molecule has 1 aliphatic rings. The van der Waals surface area contributed by atoms with Gasteiger partial charge in [-0.1, -0.05) is 0 Å². The molecule has 13 heteroatoms. The molecule has 0 aromatic carbocycles. The molecule has 12 nitrogen and oxygen atoms in total. The Morgan fingerprint density at radius 3 is 2.35 bits per heavy atom. The van der Waals surface area contributed by atoms with Crippen LogP contribution in [0.25, 0.3) is 0 Å². The number of aliphatic hydroxyl groups is 3. The van der Waals surface area contributed by atoms with Crippen LogP contribution in [0.5, 0.6) is 0 Å². The van der Waals surface area contributed by atoms with E-state index in [-0.39, 0.29) is 11.7 Å². The van der Waals surface area contributed by atoms with E-state index in [1.54, 1.807) is 0 Å². The Morgan fingerprint density at radius 1 is 1.39 bits per heavy atom. The second-order valence-corrected chi connectivity index (χ2v) is 6.25. The zero-order chi connectivity index (χ0) is 17.8. The molecule has 2 heterocycles. The second kappa shape index (κ2) is 7.76. The number of hydrogen-bond donors (Lipinski definition) is 5. The number of nitrogens with two attached hydrogens (primary N) is 1. The topological polar surface area (TPSA) is 198 Å². The first-order valence-electron chi connectivity index (χ1n) is 6.39. The molecule has 1 aromatic heterocycles. The summed E-state index contributed by atoms with van der Waals surface area (Å²) in [6, 6.07) is 0. The van der Waals surface area contributed by atoms with Gasteiger partial charge in [-0.15, -0.1) is 0 Å². The van der Waals surface area contributed by atoms with E-state index in [4.69, 9.17) is 20.1 Å². The number of aliphatic hydroxyl groups excluding tert-OH is 3. The zero-order valence-corrected chi connectivity index (χ0v) is 12.9. The lowest BCUT2D eigenvalue weighted by molar-refractivity contribution is -0.0554. The van der Waals surface area contributed by atoms with Gasteiger partial charge in [0.05, 0.1) is 12.4 Å². The maximum absolute atomic E-state index is 11.5. The molecule has 23 heavy (non-hydrogen) atoms. The van der Waals surface area contributed by atoms with Crippen LogP contribution in [0.2, 0.25) is 0 Å². The SMILES string of the molecule is CCS(=O)(=O)O.Nc1ncn([C@@H]2O[C@H](CO)[C@@H](O)[C@H]2O)c(=O)n1. The van der Waals surface area contributed by atoms with Crippen LogP contribution >= 0.6 is 0 Å². The van der Waals surface area contributed by atoms with Gasteiger partial charge >= 0.3 is 5.69 Å². The van der Waals surface area contributed by atoms with Gasteiger partial charge in [-0.2, -0.15) is 13.4 Å². The third-order valence-corrected chi connectivity index (χ3v) is 3.63. The lowest BCUT2D eigenvalue weighted by Crippen LogP contribution is -2.36. The fraction of sp³-hybridized carbons (Fsp3) is 0.700. The van der Waals surface area contributed by atoms with Crippen molar-refractivity contribution in [1.29, 1.82) is 0 Å². The minimum absolute atomic E-state index is 0.196. The summed E-state index contributed by atoms with van der Waals surface area (Å²) in [6.45, 7) is 0.897. The monoisotopic (exact) mass is 354 g/mol. The molecular formula is C10H18N4O8S. The molecule has 1 saturated heterocycles. The molecule has 0 amide bonds. The van der Waals surface area contributed by atoms with Crippen molar-refractivity contribution in [2.75, 3.05) is 18.1 Å². The molecule has 0 bridgehead atoms. The van der Waals surface area contributed by atoms with E-state index in [1.165, 1.54) is 6.92 Å². The van der Waals surface area contributed by atoms with Crippen LogP contribution in [0.3, 0.4) is 0 Å². The van der Waals surface area contributed by atoms with Gasteiger partial charge in [-0.3, -0.25) is 9.12 Å². The number of rotatable bonds is 3. The highest BCUT2D eigenvalue weighted by Crippen LogP contribution is 2.27. The standard InChI is InChI=1S/C8H12N4O5.C2H6O3S/c9-7-10-2-12(8(16)11-7)6-5(15)4(14)3(1-13)17-6;1-2-6(3,4)5/h2-6,13-15H,1H2,(H2,9,11,16);2H2,1H3,(H,3,4,5)/t3-,4-,5-,6-;/m1./s1. The molecule has 0 unspecified atom stereocenters. The smallest absolute Gasteiger partial charge is 0.354 e. The first kappa shape index (κ1) is 19.4. The highest BCUT2D eigenvalue weighted by molar-refractivity contribution is 7.85. The molecule has 0 spiro atoms. The van der Waals surface area contributed by atoms with Gasteiger partial charge in [0.15, 0.2) is 6.23 Å². The quantitative estimate of drug-likeness (QED) is 0.341. The minimum atomic E-state index is -3.66. The van der Waals surface area contributed by atoms with E-state index in [1.807, 2.05) is 0 Å². The summed E-state index contributed by atoms with van der Waals surface area (Å²) in [4.78, 5) is 18.4. The maximum Gasteiger partial charge on any atom is 0.354 e. The van der Waals surface area contributed by atoms with E-state index in [0.29, 0.717) is 0 Å². The van der Waals surface area contributed by atoms with Gasteiger partial charge in [0.25, 0.3) is 10.1 Å². The fourth-order valence-electron chi connectivity index (χ4n) is 1.64. The van der Waals surface area contributed by atoms with Crippen molar-refractivity contribution in [1.82, 2.24) is 14.5 Å². The van der Waals surface area contributed by atoms with Crippen molar-refractivity contribution in [2.24, 2.45) is 0 Å². The Hall–Kier alpha value is -1.64. The first-order chi connectivity index (χ1) is 10.6. The van der Waals surface area contributed by atoms with E-state index in [0.717, 1.165) is 10.9 Å². The molecule has 0 saturated carbocycles. The summed E-state index contributed by atoms with van der Waals surface area (Å²) in [5.41, 5.74) is 4.46. The third kappa shape index (κ3) is 5.19. The van der Waals surface area contributed by atoms with Crippen LogP contribution in [0.15, 0.2) is 11.1 Å². The normalized spacial score (nSPS) is 27.3. The van der Waals surface area contributed by atoms with E-state index in [2.05, 4.69) is 9.97 Å². The summed E-state index contributed by atoms with van der Waals surface area (Å²) >= 11 is 0. The van der Waals surface area contributed by atoms with Crippen molar-refractivity contribution in [3.8, 4) is 0 Å². The Labute approximate surface area is 130 Å². The minimum Gasteiger partial charge on any atom is -0.394 e. The van der Waals surface area contributed by atoms with E-state index >= 15 is 0 Å². The highest BCUT2D eigenvalue weighted by atomic mass is 32.2. The Morgan fingerprint density at radius 2 is 1.96 bits per heavy atom. The summed E-state index contributed by atoms with van der Waals surface area (Å²) in [6.07, 6.45) is -3.67. The number of hydrogen-bond acceptors (Lipinski definition) is 10. The van der Waals surface area contributed by atoms with Gasteiger partial charge in [0, 0.05) is 0 Å². The number of ether oxygens (including phenoxy) is 1. The van der Waals surface area contributed by atoms with Crippen molar-refractivity contribution in [2.45, 2.75) is 31.5 Å². The summed E-state index contributed by atoms with van der Waals surface area (Å²) < 4.78 is 32.9. The lowest BCUT2D eigenvalue weighted by atomic mass is 10.1. The highest BCUT2D eigenvalue weighted by Gasteiger charge is 2.43.